The molecule has 0 spiro atoms. The molecule has 1 saturated heterocycles. The fraction of sp³-hybridized carbons (Fsp3) is 0.556. The Morgan fingerprint density at radius 3 is 2.68 bits per heavy atom. The van der Waals surface area contributed by atoms with E-state index in [-0.39, 0.29) is 17.2 Å². The van der Waals surface area contributed by atoms with Gasteiger partial charge in [0.1, 0.15) is 0 Å². The summed E-state index contributed by atoms with van der Waals surface area (Å²) in [5.74, 6) is 0.783. The smallest absolute Gasteiger partial charge is 0.281 e. The summed E-state index contributed by atoms with van der Waals surface area (Å²) in [6.45, 7) is 7.69. The second kappa shape index (κ2) is 10.0. The minimum atomic E-state index is -0.0334. The summed E-state index contributed by atoms with van der Waals surface area (Å²) in [6, 6.07) is 7.81. The summed E-state index contributed by atoms with van der Waals surface area (Å²) in [7, 11) is 0. The van der Waals surface area contributed by atoms with Crippen LogP contribution < -0.4 is 5.32 Å². The van der Waals surface area contributed by atoms with Gasteiger partial charge in [-0.25, -0.2) is 0 Å². The van der Waals surface area contributed by atoms with Gasteiger partial charge in [0.15, 0.2) is 0 Å². The van der Waals surface area contributed by atoms with Gasteiger partial charge in [0.2, 0.25) is 5.91 Å². The molecule has 1 atom stereocenters. The second-order valence-electron chi connectivity index (χ2n) is 5.91. The molecule has 25 heavy (non-hydrogen) atoms. The van der Waals surface area contributed by atoms with E-state index in [0.29, 0.717) is 24.5 Å². The van der Waals surface area contributed by atoms with Crippen LogP contribution in [0, 0.1) is 0 Å². The maximum absolute atomic E-state index is 12.2. The standard InChI is InChI=1S/C18H26ClN3O2S/c1-3-21(4-2)16(14-7-5-6-8-15(14)19)13-20-17(23)9-10-22-11-12-25-18(22)24/h5-8,16H,3-4,9-13H2,1-2H3,(H,20,23)/t16-/m0/s1. The summed E-state index contributed by atoms with van der Waals surface area (Å²) in [4.78, 5) is 27.8. The van der Waals surface area contributed by atoms with Crippen molar-refractivity contribution >= 4 is 34.5 Å². The van der Waals surface area contributed by atoms with E-state index in [1.54, 1.807) is 4.90 Å². The number of hydrogen-bond acceptors (Lipinski definition) is 4. The summed E-state index contributed by atoms with van der Waals surface area (Å²) in [6.07, 6.45) is 0.333. The number of carbonyl (C=O) groups is 2. The summed E-state index contributed by atoms with van der Waals surface area (Å²) < 4.78 is 0. The third kappa shape index (κ3) is 5.62. The third-order valence-corrected chi connectivity index (χ3v) is 5.70. The van der Waals surface area contributed by atoms with Crippen molar-refractivity contribution in [2.75, 3.05) is 38.5 Å². The molecule has 0 saturated carbocycles. The van der Waals surface area contributed by atoms with Gasteiger partial charge >= 0.3 is 0 Å². The zero-order valence-corrected chi connectivity index (χ0v) is 16.4. The van der Waals surface area contributed by atoms with E-state index >= 15 is 0 Å². The quantitative estimate of drug-likeness (QED) is 0.710. The van der Waals surface area contributed by atoms with Crippen molar-refractivity contribution in [3.63, 3.8) is 0 Å². The van der Waals surface area contributed by atoms with Gasteiger partial charge in [0.25, 0.3) is 5.24 Å². The van der Waals surface area contributed by atoms with Crippen LogP contribution in [-0.4, -0.2) is 59.4 Å². The number of carbonyl (C=O) groups excluding carboxylic acids is 2. The fourth-order valence-electron chi connectivity index (χ4n) is 3.01. The number of nitrogens with zero attached hydrogens (tertiary/aromatic N) is 2. The molecule has 1 aliphatic rings. The number of rotatable bonds is 9. The van der Waals surface area contributed by atoms with Gasteiger partial charge in [-0.1, -0.05) is 55.4 Å². The minimum Gasteiger partial charge on any atom is -0.354 e. The van der Waals surface area contributed by atoms with Crippen molar-refractivity contribution in [3.05, 3.63) is 34.9 Å². The van der Waals surface area contributed by atoms with E-state index in [4.69, 9.17) is 11.6 Å². The Balaban J connectivity index is 1.94. The lowest BCUT2D eigenvalue weighted by Gasteiger charge is -2.31. The lowest BCUT2D eigenvalue weighted by atomic mass is 10.0. The van der Waals surface area contributed by atoms with Crippen molar-refractivity contribution in [1.82, 2.24) is 15.1 Å². The lowest BCUT2D eigenvalue weighted by molar-refractivity contribution is -0.121. The minimum absolute atomic E-state index is 0.0334. The fourth-order valence-corrected chi connectivity index (χ4v) is 4.12. The molecule has 7 heteroatoms. The molecular formula is C18H26ClN3O2S. The maximum atomic E-state index is 12.2. The molecular weight excluding hydrogens is 358 g/mol. The highest BCUT2D eigenvalue weighted by atomic mass is 35.5. The highest BCUT2D eigenvalue weighted by Crippen LogP contribution is 2.27. The average molecular weight is 384 g/mol. The Labute approximate surface area is 159 Å². The van der Waals surface area contributed by atoms with Gasteiger partial charge in [-0.15, -0.1) is 0 Å². The van der Waals surface area contributed by atoms with Crippen LogP contribution in [0.25, 0.3) is 0 Å². The highest BCUT2D eigenvalue weighted by Gasteiger charge is 2.23. The molecule has 1 fully saturated rings. The molecule has 0 aliphatic carbocycles. The monoisotopic (exact) mass is 383 g/mol. The Bertz CT molecular complexity index is 595. The number of thioether (sulfide) groups is 1. The van der Waals surface area contributed by atoms with Gasteiger partial charge < -0.3 is 10.2 Å². The predicted octanol–water partition coefficient (Wildman–Crippen LogP) is 3.40. The molecule has 5 nitrogen and oxygen atoms in total. The Morgan fingerprint density at radius 2 is 2.08 bits per heavy atom. The number of hydrogen-bond donors (Lipinski definition) is 1. The van der Waals surface area contributed by atoms with Crippen molar-refractivity contribution in [2.24, 2.45) is 0 Å². The summed E-state index contributed by atoms with van der Waals surface area (Å²) in [5.41, 5.74) is 1.03. The van der Waals surface area contributed by atoms with Crippen LogP contribution in [0.5, 0.6) is 0 Å². The van der Waals surface area contributed by atoms with Crippen molar-refractivity contribution in [2.45, 2.75) is 26.3 Å². The predicted molar refractivity (Wildman–Crippen MR) is 104 cm³/mol. The first-order chi connectivity index (χ1) is 12.1. The molecule has 1 aromatic rings. The van der Waals surface area contributed by atoms with Crippen molar-refractivity contribution in [3.8, 4) is 0 Å². The Morgan fingerprint density at radius 1 is 1.36 bits per heavy atom. The summed E-state index contributed by atoms with van der Waals surface area (Å²) in [5, 5.41) is 3.80. The topological polar surface area (TPSA) is 52.7 Å². The van der Waals surface area contributed by atoms with Crippen molar-refractivity contribution in [1.29, 1.82) is 0 Å². The second-order valence-corrected chi connectivity index (χ2v) is 7.37. The van der Waals surface area contributed by atoms with Crippen LogP contribution in [0.2, 0.25) is 5.02 Å². The van der Waals surface area contributed by atoms with Gasteiger partial charge in [-0.2, -0.15) is 0 Å². The first kappa shape index (κ1) is 20.1. The number of halogens is 1. The molecule has 1 aliphatic heterocycles. The highest BCUT2D eigenvalue weighted by molar-refractivity contribution is 8.13. The Hall–Kier alpha value is -1.24. The molecule has 1 N–H and O–H groups in total. The van der Waals surface area contributed by atoms with Gasteiger partial charge in [0, 0.05) is 36.8 Å². The zero-order chi connectivity index (χ0) is 18.2. The number of nitrogens with one attached hydrogen (secondary N) is 1. The zero-order valence-electron chi connectivity index (χ0n) is 14.8. The molecule has 0 radical (unpaired) electrons. The largest absolute Gasteiger partial charge is 0.354 e. The van der Waals surface area contributed by atoms with Gasteiger partial charge in [0.05, 0.1) is 6.04 Å². The molecule has 0 unspecified atom stereocenters. The van der Waals surface area contributed by atoms with Crippen LogP contribution in [0.15, 0.2) is 24.3 Å². The van der Waals surface area contributed by atoms with E-state index in [1.165, 1.54) is 11.8 Å². The summed E-state index contributed by atoms with van der Waals surface area (Å²) >= 11 is 7.69. The third-order valence-electron chi connectivity index (χ3n) is 4.46. The number of benzene rings is 1. The van der Waals surface area contributed by atoms with Crippen molar-refractivity contribution < 1.29 is 9.59 Å². The number of amides is 2. The molecule has 2 amide bonds. The first-order valence-corrected chi connectivity index (χ1v) is 10.1. The molecule has 2 rings (SSSR count). The normalized spacial score (nSPS) is 15.7. The first-order valence-electron chi connectivity index (χ1n) is 8.73. The molecule has 0 aromatic heterocycles. The van der Waals surface area contributed by atoms with Gasteiger partial charge in [-0.05, 0) is 24.7 Å². The van der Waals surface area contributed by atoms with Crippen LogP contribution in [0.1, 0.15) is 31.9 Å². The molecule has 138 valence electrons. The van der Waals surface area contributed by atoms with E-state index in [0.717, 1.165) is 31.0 Å². The van der Waals surface area contributed by atoms with E-state index < -0.39 is 0 Å². The van der Waals surface area contributed by atoms with E-state index in [2.05, 4.69) is 24.1 Å². The number of likely N-dealkylation sites (N-methyl/N-ethyl adjacent to an activating group) is 1. The van der Waals surface area contributed by atoms with Gasteiger partial charge in [-0.3, -0.25) is 14.5 Å². The SMILES string of the molecule is CCN(CC)[C@@H](CNC(=O)CCN1CCSC1=O)c1ccccc1Cl. The Kier molecular flexibility index (Phi) is 8.06. The van der Waals surface area contributed by atoms with Crippen LogP contribution in [0.3, 0.4) is 0 Å². The molecule has 0 bridgehead atoms. The lowest BCUT2D eigenvalue weighted by Crippen LogP contribution is -2.39. The van der Waals surface area contributed by atoms with E-state index in [9.17, 15) is 9.59 Å². The molecule has 1 aromatic carbocycles. The van der Waals surface area contributed by atoms with Crippen LogP contribution >= 0.6 is 23.4 Å². The maximum Gasteiger partial charge on any atom is 0.281 e. The molecule has 1 heterocycles. The van der Waals surface area contributed by atoms with Crippen LogP contribution in [0.4, 0.5) is 4.79 Å². The van der Waals surface area contributed by atoms with E-state index in [1.807, 2.05) is 24.3 Å². The van der Waals surface area contributed by atoms with Crippen LogP contribution in [-0.2, 0) is 4.79 Å². The average Bonchev–Trinajstić information content (AvgIpc) is 3.02.